The minimum atomic E-state index is -0.274. The van der Waals surface area contributed by atoms with Gasteiger partial charge in [-0.2, -0.15) is 0 Å². The van der Waals surface area contributed by atoms with E-state index < -0.39 is 0 Å². The first-order valence-corrected chi connectivity index (χ1v) is 5.74. The average Bonchev–Trinajstić information content (AvgIpc) is 2.38. The van der Waals surface area contributed by atoms with Crippen molar-refractivity contribution in [2.75, 3.05) is 12.8 Å². The smallest absolute Gasteiger partial charge is 0.128 e. The zero-order valence-corrected chi connectivity index (χ0v) is 10.6. The van der Waals surface area contributed by atoms with Gasteiger partial charge in [-0.05, 0) is 36.2 Å². The Bertz CT molecular complexity index is 517. The standard InChI is InChI=1S/C14H17N3O/c1-9-7-8-17-14(16)12(9)13(15)10-3-5-11(18-2)6-4-10/h3-8,13H,15H2,1-2H3,(H2,16,17). The van der Waals surface area contributed by atoms with Gasteiger partial charge in [-0.15, -0.1) is 0 Å². The highest BCUT2D eigenvalue weighted by molar-refractivity contribution is 5.50. The maximum atomic E-state index is 6.25. The fourth-order valence-corrected chi connectivity index (χ4v) is 1.97. The highest BCUT2D eigenvalue weighted by atomic mass is 16.5. The third-order valence-electron chi connectivity index (χ3n) is 3.02. The van der Waals surface area contributed by atoms with Gasteiger partial charge in [0.15, 0.2) is 0 Å². The number of pyridine rings is 1. The summed E-state index contributed by atoms with van der Waals surface area (Å²) in [5.41, 5.74) is 15.1. The Labute approximate surface area is 107 Å². The summed E-state index contributed by atoms with van der Waals surface area (Å²) < 4.78 is 5.12. The van der Waals surface area contributed by atoms with Crippen LogP contribution in [-0.4, -0.2) is 12.1 Å². The quantitative estimate of drug-likeness (QED) is 0.865. The Morgan fingerprint density at radius 3 is 2.39 bits per heavy atom. The predicted molar refractivity (Wildman–Crippen MR) is 72.4 cm³/mol. The van der Waals surface area contributed by atoms with E-state index in [2.05, 4.69) is 4.98 Å². The average molecular weight is 243 g/mol. The molecule has 4 nitrogen and oxygen atoms in total. The minimum absolute atomic E-state index is 0.274. The second-order valence-corrected chi connectivity index (χ2v) is 4.18. The van der Waals surface area contributed by atoms with Gasteiger partial charge >= 0.3 is 0 Å². The lowest BCUT2D eigenvalue weighted by Crippen LogP contribution is -2.16. The van der Waals surface area contributed by atoms with E-state index in [1.807, 2.05) is 37.3 Å². The molecule has 1 heterocycles. The second kappa shape index (κ2) is 5.06. The number of rotatable bonds is 3. The number of benzene rings is 1. The molecule has 4 N–H and O–H groups in total. The molecule has 0 aliphatic carbocycles. The van der Waals surface area contributed by atoms with Crippen LogP contribution in [0.4, 0.5) is 5.82 Å². The fourth-order valence-electron chi connectivity index (χ4n) is 1.97. The molecule has 18 heavy (non-hydrogen) atoms. The lowest BCUT2D eigenvalue weighted by atomic mass is 9.96. The van der Waals surface area contributed by atoms with Crippen molar-refractivity contribution < 1.29 is 4.74 Å². The molecule has 1 aromatic carbocycles. The van der Waals surface area contributed by atoms with Crippen LogP contribution in [0.2, 0.25) is 0 Å². The van der Waals surface area contributed by atoms with Crippen LogP contribution in [0.15, 0.2) is 36.5 Å². The van der Waals surface area contributed by atoms with Gasteiger partial charge < -0.3 is 16.2 Å². The first-order chi connectivity index (χ1) is 8.63. The molecule has 0 radical (unpaired) electrons. The van der Waals surface area contributed by atoms with Crippen LogP contribution in [0.25, 0.3) is 0 Å². The molecule has 1 unspecified atom stereocenters. The van der Waals surface area contributed by atoms with Gasteiger partial charge in [-0.25, -0.2) is 4.98 Å². The first kappa shape index (κ1) is 12.4. The number of nitrogens with zero attached hydrogens (tertiary/aromatic N) is 1. The van der Waals surface area contributed by atoms with Gasteiger partial charge in [0.25, 0.3) is 0 Å². The van der Waals surface area contributed by atoms with Gasteiger partial charge in [0.2, 0.25) is 0 Å². The number of nitrogens with two attached hydrogens (primary N) is 2. The largest absolute Gasteiger partial charge is 0.497 e. The third kappa shape index (κ3) is 2.28. The Morgan fingerprint density at radius 1 is 1.17 bits per heavy atom. The maximum absolute atomic E-state index is 6.25. The van der Waals surface area contributed by atoms with E-state index in [0.29, 0.717) is 5.82 Å². The molecule has 94 valence electrons. The number of ether oxygens (including phenoxy) is 1. The summed E-state index contributed by atoms with van der Waals surface area (Å²) in [6.45, 7) is 1.98. The van der Waals surface area contributed by atoms with Crippen LogP contribution in [0, 0.1) is 6.92 Å². The van der Waals surface area contributed by atoms with E-state index in [-0.39, 0.29) is 6.04 Å². The van der Waals surface area contributed by atoms with Crippen LogP contribution in [0.1, 0.15) is 22.7 Å². The molecule has 0 aliphatic heterocycles. The van der Waals surface area contributed by atoms with Crippen molar-refractivity contribution >= 4 is 5.82 Å². The predicted octanol–water partition coefficient (Wildman–Crippen LogP) is 2.03. The van der Waals surface area contributed by atoms with Crippen molar-refractivity contribution in [2.24, 2.45) is 5.73 Å². The van der Waals surface area contributed by atoms with Crippen molar-refractivity contribution in [3.05, 3.63) is 53.2 Å². The van der Waals surface area contributed by atoms with Crippen molar-refractivity contribution in [3.63, 3.8) is 0 Å². The van der Waals surface area contributed by atoms with Gasteiger partial charge in [0.1, 0.15) is 11.6 Å². The number of hydrogen-bond donors (Lipinski definition) is 2. The number of anilines is 1. The number of methoxy groups -OCH3 is 1. The monoisotopic (exact) mass is 243 g/mol. The summed E-state index contributed by atoms with van der Waals surface area (Å²) in [6, 6.07) is 9.29. The summed E-state index contributed by atoms with van der Waals surface area (Å²) in [5, 5.41) is 0. The zero-order chi connectivity index (χ0) is 13.1. The van der Waals surface area contributed by atoms with Crippen LogP contribution < -0.4 is 16.2 Å². The van der Waals surface area contributed by atoms with E-state index in [1.165, 1.54) is 0 Å². The lowest BCUT2D eigenvalue weighted by Gasteiger charge is -2.17. The van der Waals surface area contributed by atoms with E-state index >= 15 is 0 Å². The normalized spacial score (nSPS) is 12.2. The van der Waals surface area contributed by atoms with Gasteiger partial charge in [0, 0.05) is 11.8 Å². The number of aryl methyl sites for hydroxylation is 1. The summed E-state index contributed by atoms with van der Waals surface area (Å²) in [5.74, 6) is 1.29. The number of nitrogen functional groups attached to an aromatic ring is 1. The summed E-state index contributed by atoms with van der Waals surface area (Å²) in [6.07, 6.45) is 1.69. The minimum Gasteiger partial charge on any atom is -0.497 e. The van der Waals surface area contributed by atoms with Crippen LogP contribution in [0.3, 0.4) is 0 Å². The SMILES string of the molecule is COc1ccc(C(N)c2c(C)ccnc2N)cc1. The molecule has 0 aliphatic rings. The van der Waals surface area contributed by atoms with Crippen molar-refractivity contribution in [3.8, 4) is 5.75 Å². The molecule has 0 spiro atoms. The fraction of sp³-hybridized carbons (Fsp3) is 0.214. The lowest BCUT2D eigenvalue weighted by molar-refractivity contribution is 0.414. The van der Waals surface area contributed by atoms with Crippen LogP contribution >= 0.6 is 0 Å². The molecule has 1 atom stereocenters. The van der Waals surface area contributed by atoms with E-state index in [1.54, 1.807) is 13.3 Å². The first-order valence-electron chi connectivity index (χ1n) is 5.74. The molecule has 0 saturated heterocycles. The zero-order valence-electron chi connectivity index (χ0n) is 10.6. The molecule has 2 aromatic rings. The maximum Gasteiger partial charge on any atom is 0.128 e. The van der Waals surface area contributed by atoms with E-state index in [4.69, 9.17) is 16.2 Å². The van der Waals surface area contributed by atoms with Crippen LogP contribution in [-0.2, 0) is 0 Å². The number of hydrogen-bond acceptors (Lipinski definition) is 4. The molecular formula is C14H17N3O. The van der Waals surface area contributed by atoms with Gasteiger partial charge in [0.05, 0.1) is 13.2 Å². The summed E-state index contributed by atoms with van der Waals surface area (Å²) >= 11 is 0. The molecule has 0 bridgehead atoms. The van der Waals surface area contributed by atoms with Gasteiger partial charge in [-0.3, -0.25) is 0 Å². The molecular weight excluding hydrogens is 226 g/mol. The topological polar surface area (TPSA) is 74.2 Å². The summed E-state index contributed by atoms with van der Waals surface area (Å²) in [4.78, 5) is 4.09. The highest BCUT2D eigenvalue weighted by Gasteiger charge is 2.15. The Balaban J connectivity index is 2.38. The Hall–Kier alpha value is -2.07. The Morgan fingerprint density at radius 2 is 1.83 bits per heavy atom. The highest BCUT2D eigenvalue weighted by Crippen LogP contribution is 2.27. The molecule has 0 saturated carbocycles. The van der Waals surface area contributed by atoms with Crippen LogP contribution in [0.5, 0.6) is 5.75 Å². The second-order valence-electron chi connectivity index (χ2n) is 4.18. The summed E-state index contributed by atoms with van der Waals surface area (Å²) in [7, 11) is 1.64. The van der Waals surface area contributed by atoms with Crippen molar-refractivity contribution in [1.29, 1.82) is 0 Å². The molecule has 2 rings (SSSR count). The van der Waals surface area contributed by atoms with Crippen molar-refractivity contribution in [1.82, 2.24) is 4.98 Å². The van der Waals surface area contributed by atoms with E-state index in [9.17, 15) is 0 Å². The Kier molecular flexibility index (Phi) is 3.48. The third-order valence-corrected chi connectivity index (χ3v) is 3.02. The molecule has 0 amide bonds. The molecule has 0 fully saturated rings. The van der Waals surface area contributed by atoms with Gasteiger partial charge in [-0.1, -0.05) is 12.1 Å². The molecule has 1 aromatic heterocycles. The van der Waals surface area contributed by atoms with Crippen molar-refractivity contribution in [2.45, 2.75) is 13.0 Å². The van der Waals surface area contributed by atoms with E-state index in [0.717, 1.165) is 22.4 Å². The molecule has 4 heteroatoms. The number of aromatic nitrogens is 1.